The first-order valence-electron chi connectivity index (χ1n) is 7.39. The number of furan rings is 1. The average molecular weight is 287 g/mol. The topological polar surface area (TPSA) is 54.6 Å². The van der Waals surface area contributed by atoms with Crippen molar-refractivity contribution >= 4 is 0 Å². The molecule has 0 saturated heterocycles. The molecule has 2 aromatic rings. The number of aryl methyl sites for hydroxylation is 1. The van der Waals surface area contributed by atoms with Crippen LogP contribution in [0.15, 0.2) is 41.0 Å². The van der Waals surface area contributed by atoms with Crippen LogP contribution in [0.25, 0.3) is 0 Å². The molecule has 0 bridgehead atoms. The molecule has 4 nitrogen and oxygen atoms in total. The van der Waals surface area contributed by atoms with Gasteiger partial charge in [-0.3, -0.25) is 0 Å². The third-order valence-corrected chi connectivity index (χ3v) is 4.09. The van der Waals surface area contributed by atoms with Gasteiger partial charge in [-0.25, -0.2) is 0 Å². The Hall–Kier alpha value is -1.78. The molecule has 1 heterocycles. The molecule has 112 valence electrons. The Balaban J connectivity index is 1.68. The van der Waals surface area contributed by atoms with Crippen LogP contribution in [0, 0.1) is 0 Å². The number of hydrogen-bond donors (Lipinski definition) is 2. The highest BCUT2D eigenvalue weighted by Crippen LogP contribution is 2.32. The molecule has 0 saturated carbocycles. The van der Waals surface area contributed by atoms with Gasteiger partial charge in [-0.05, 0) is 54.7 Å². The molecular weight excluding hydrogens is 266 g/mol. The maximum Gasteiger partial charge on any atom is 0.133 e. The highest BCUT2D eigenvalue weighted by molar-refractivity contribution is 5.39. The first-order valence-corrected chi connectivity index (χ1v) is 7.39. The predicted octanol–water partition coefficient (Wildman–Crippen LogP) is 2.99. The molecular formula is C17H21NO3. The van der Waals surface area contributed by atoms with Crippen LogP contribution in [-0.4, -0.2) is 18.8 Å². The number of aliphatic hydroxyl groups excluding tert-OH is 1. The predicted molar refractivity (Wildman–Crippen MR) is 80.3 cm³/mol. The van der Waals surface area contributed by atoms with E-state index >= 15 is 0 Å². The molecule has 2 atom stereocenters. The van der Waals surface area contributed by atoms with Gasteiger partial charge in [-0.2, -0.15) is 0 Å². The van der Waals surface area contributed by atoms with E-state index in [1.165, 1.54) is 11.1 Å². The molecule has 21 heavy (non-hydrogen) atoms. The monoisotopic (exact) mass is 287 g/mol. The second-order valence-corrected chi connectivity index (χ2v) is 5.45. The van der Waals surface area contributed by atoms with E-state index in [9.17, 15) is 5.11 Å². The molecule has 0 fully saturated rings. The number of benzene rings is 1. The Morgan fingerprint density at radius 3 is 3.10 bits per heavy atom. The summed E-state index contributed by atoms with van der Waals surface area (Å²) in [6.07, 6.45) is 4.30. The van der Waals surface area contributed by atoms with Crippen molar-refractivity contribution in [2.45, 2.75) is 31.4 Å². The van der Waals surface area contributed by atoms with Crippen LogP contribution in [0.3, 0.4) is 0 Å². The van der Waals surface area contributed by atoms with Crippen LogP contribution in [0.2, 0.25) is 0 Å². The van der Waals surface area contributed by atoms with Crippen molar-refractivity contribution in [1.82, 2.24) is 5.32 Å². The largest absolute Gasteiger partial charge is 0.497 e. The number of rotatable bonds is 5. The van der Waals surface area contributed by atoms with Gasteiger partial charge in [0.05, 0.1) is 13.4 Å². The summed E-state index contributed by atoms with van der Waals surface area (Å²) in [7, 11) is 1.69. The highest BCUT2D eigenvalue weighted by Gasteiger charge is 2.21. The lowest BCUT2D eigenvalue weighted by atomic mass is 9.87. The molecule has 0 amide bonds. The lowest BCUT2D eigenvalue weighted by Crippen LogP contribution is -2.29. The first-order chi connectivity index (χ1) is 10.3. The summed E-state index contributed by atoms with van der Waals surface area (Å²) >= 11 is 0. The van der Waals surface area contributed by atoms with Gasteiger partial charge in [-0.15, -0.1) is 0 Å². The fourth-order valence-electron chi connectivity index (χ4n) is 2.97. The van der Waals surface area contributed by atoms with Crippen molar-refractivity contribution in [3.05, 3.63) is 53.5 Å². The lowest BCUT2D eigenvalue weighted by Gasteiger charge is -2.27. The zero-order valence-electron chi connectivity index (χ0n) is 12.2. The van der Waals surface area contributed by atoms with Crippen molar-refractivity contribution in [3.8, 4) is 5.75 Å². The number of fused-ring (bicyclic) bond motifs is 1. The first kappa shape index (κ1) is 14.2. The number of nitrogens with one attached hydrogen (secondary N) is 1. The normalized spacial score (nSPS) is 19.0. The summed E-state index contributed by atoms with van der Waals surface area (Å²) in [6.45, 7) is 0.490. The van der Waals surface area contributed by atoms with E-state index in [2.05, 4.69) is 17.4 Å². The minimum atomic E-state index is -0.608. The number of methoxy groups -OCH3 is 1. The molecule has 1 aromatic heterocycles. The fourth-order valence-corrected chi connectivity index (χ4v) is 2.97. The van der Waals surface area contributed by atoms with Gasteiger partial charge in [0.1, 0.15) is 17.6 Å². The van der Waals surface area contributed by atoms with E-state index in [1.54, 1.807) is 25.5 Å². The van der Waals surface area contributed by atoms with Crippen molar-refractivity contribution in [3.63, 3.8) is 0 Å². The van der Waals surface area contributed by atoms with Crippen molar-refractivity contribution in [2.24, 2.45) is 0 Å². The fraction of sp³-hybridized carbons (Fsp3) is 0.412. The third-order valence-electron chi connectivity index (χ3n) is 4.09. The Bertz CT molecular complexity index is 580. The van der Waals surface area contributed by atoms with Gasteiger partial charge in [0.15, 0.2) is 0 Å². The maximum absolute atomic E-state index is 10.1. The minimum absolute atomic E-state index is 0.282. The second-order valence-electron chi connectivity index (χ2n) is 5.45. The molecule has 2 N–H and O–H groups in total. The average Bonchev–Trinajstić information content (AvgIpc) is 3.06. The zero-order chi connectivity index (χ0) is 14.7. The van der Waals surface area contributed by atoms with E-state index in [4.69, 9.17) is 9.15 Å². The summed E-state index contributed by atoms with van der Waals surface area (Å²) in [6, 6.07) is 10.1. The van der Waals surface area contributed by atoms with Gasteiger partial charge in [0, 0.05) is 12.6 Å². The molecule has 2 unspecified atom stereocenters. The van der Waals surface area contributed by atoms with Crippen LogP contribution in [0.1, 0.15) is 41.9 Å². The standard InChI is InChI=1S/C17H21NO3/c1-20-13-7-8-14-12(10-13)4-2-5-15(14)18-11-16(19)17-6-3-9-21-17/h3,6-10,15-16,18-19H,2,4-5,11H2,1H3. The van der Waals surface area contributed by atoms with E-state index in [1.807, 2.05) is 6.07 Å². The highest BCUT2D eigenvalue weighted by atomic mass is 16.5. The molecule has 0 spiro atoms. The molecule has 3 rings (SSSR count). The minimum Gasteiger partial charge on any atom is -0.497 e. The van der Waals surface area contributed by atoms with E-state index in [0.29, 0.717) is 12.3 Å². The SMILES string of the molecule is COc1ccc2c(c1)CCCC2NCC(O)c1ccco1. The van der Waals surface area contributed by atoms with Gasteiger partial charge in [0.2, 0.25) is 0 Å². The van der Waals surface area contributed by atoms with E-state index in [-0.39, 0.29) is 6.04 Å². The Morgan fingerprint density at radius 2 is 2.33 bits per heavy atom. The summed E-state index contributed by atoms with van der Waals surface area (Å²) < 4.78 is 10.5. The van der Waals surface area contributed by atoms with Crippen LogP contribution in [0.5, 0.6) is 5.75 Å². The third kappa shape index (κ3) is 3.12. The summed E-state index contributed by atoms with van der Waals surface area (Å²) in [4.78, 5) is 0. The lowest BCUT2D eigenvalue weighted by molar-refractivity contribution is 0.142. The summed E-state index contributed by atoms with van der Waals surface area (Å²) in [5.41, 5.74) is 2.65. The Morgan fingerprint density at radius 1 is 1.43 bits per heavy atom. The number of ether oxygens (including phenoxy) is 1. The smallest absolute Gasteiger partial charge is 0.133 e. The Labute approximate surface area is 124 Å². The molecule has 1 aliphatic rings. The van der Waals surface area contributed by atoms with Gasteiger partial charge < -0.3 is 19.6 Å². The summed E-state index contributed by atoms with van der Waals surface area (Å²) in [5.74, 6) is 1.51. The van der Waals surface area contributed by atoms with Crippen LogP contribution < -0.4 is 10.1 Å². The van der Waals surface area contributed by atoms with E-state index in [0.717, 1.165) is 25.0 Å². The van der Waals surface area contributed by atoms with E-state index < -0.39 is 6.10 Å². The molecule has 1 aliphatic carbocycles. The van der Waals surface area contributed by atoms with Crippen LogP contribution in [-0.2, 0) is 6.42 Å². The maximum atomic E-state index is 10.1. The summed E-state index contributed by atoms with van der Waals surface area (Å²) in [5, 5.41) is 13.5. The quantitative estimate of drug-likeness (QED) is 0.887. The van der Waals surface area contributed by atoms with Crippen LogP contribution >= 0.6 is 0 Å². The molecule has 4 heteroatoms. The Kier molecular flexibility index (Phi) is 4.27. The van der Waals surface area contributed by atoms with Gasteiger partial charge >= 0.3 is 0 Å². The van der Waals surface area contributed by atoms with Gasteiger partial charge in [-0.1, -0.05) is 6.07 Å². The van der Waals surface area contributed by atoms with Gasteiger partial charge in [0.25, 0.3) is 0 Å². The van der Waals surface area contributed by atoms with Crippen molar-refractivity contribution < 1.29 is 14.3 Å². The zero-order valence-corrected chi connectivity index (χ0v) is 12.2. The molecule has 1 aromatic carbocycles. The van der Waals surface area contributed by atoms with Crippen LogP contribution in [0.4, 0.5) is 0 Å². The molecule has 0 aliphatic heterocycles. The number of aliphatic hydroxyl groups is 1. The number of hydrogen-bond acceptors (Lipinski definition) is 4. The second kappa shape index (κ2) is 6.33. The van der Waals surface area contributed by atoms with Crippen molar-refractivity contribution in [1.29, 1.82) is 0 Å². The van der Waals surface area contributed by atoms with Crippen molar-refractivity contribution in [2.75, 3.05) is 13.7 Å². The molecule has 0 radical (unpaired) electrons.